The third kappa shape index (κ3) is 4.19. The standard InChI is InChI=1S/C18H27N3O3S2.ClH/c22-18(20-9-4-14-12-19-13-15(14)5-10-20)17-16(6-11-25-17)26(23,24)21-7-2-1-3-8-21;/h6,11,14-15,19H,1-5,7-10,12-13H2;1H/t14-,15+;. The van der Waals surface area contributed by atoms with Crippen molar-refractivity contribution in [3.05, 3.63) is 16.3 Å². The fourth-order valence-corrected chi connectivity index (χ4v) is 7.35. The van der Waals surface area contributed by atoms with Crippen LogP contribution >= 0.6 is 23.7 Å². The van der Waals surface area contributed by atoms with E-state index in [4.69, 9.17) is 0 Å². The molecule has 3 aliphatic rings. The van der Waals surface area contributed by atoms with Gasteiger partial charge in [-0.05, 0) is 62.1 Å². The number of hydrogen-bond acceptors (Lipinski definition) is 5. The van der Waals surface area contributed by atoms with Gasteiger partial charge in [-0.1, -0.05) is 6.42 Å². The average molecular weight is 434 g/mol. The first kappa shape index (κ1) is 21.0. The molecule has 0 radical (unpaired) electrons. The number of thiophene rings is 1. The third-order valence-electron chi connectivity index (χ3n) is 6.06. The summed E-state index contributed by atoms with van der Waals surface area (Å²) in [4.78, 5) is 15.6. The monoisotopic (exact) mass is 433 g/mol. The molecule has 0 aromatic carbocycles. The highest BCUT2D eigenvalue weighted by Crippen LogP contribution is 2.31. The Bertz CT molecular complexity index is 748. The van der Waals surface area contributed by atoms with Gasteiger partial charge in [-0.25, -0.2) is 8.42 Å². The quantitative estimate of drug-likeness (QED) is 0.794. The lowest BCUT2D eigenvalue weighted by molar-refractivity contribution is 0.0759. The predicted molar refractivity (Wildman–Crippen MR) is 109 cm³/mol. The van der Waals surface area contributed by atoms with Crippen LogP contribution in [0.15, 0.2) is 16.3 Å². The molecule has 1 aromatic heterocycles. The van der Waals surface area contributed by atoms with Crippen molar-refractivity contribution in [2.75, 3.05) is 39.3 Å². The molecule has 1 N–H and O–H groups in total. The number of halogens is 1. The van der Waals surface area contributed by atoms with Crippen LogP contribution in [-0.4, -0.2) is 62.8 Å². The Labute approximate surface area is 171 Å². The summed E-state index contributed by atoms with van der Waals surface area (Å²) in [5, 5.41) is 5.18. The number of likely N-dealkylation sites (tertiary alicyclic amines) is 1. The molecule has 3 aliphatic heterocycles. The van der Waals surface area contributed by atoms with Crippen molar-refractivity contribution in [1.29, 1.82) is 0 Å². The van der Waals surface area contributed by atoms with Crippen molar-refractivity contribution in [2.24, 2.45) is 11.8 Å². The highest BCUT2D eigenvalue weighted by molar-refractivity contribution is 7.89. The van der Waals surface area contributed by atoms with Crippen LogP contribution in [0.1, 0.15) is 41.8 Å². The average Bonchev–Trinajstić information content (AvgIpc) is 3.28. The van der Waals surface area contributed by atoms with Gasteiger partial charge >= 0.3 is 0 Å². The lowest BCUT2D eigenvalue weighted by Gasteiger charge is -2.26. The molecule has 0 spiro atoms. The van der Waals surface area contributed by atoms with Gasteiger partial charge in [0.05, 0.1) is 0 Å². The van der Waals surface area contributed by atoms with Gasteiger partial charge in [0.2, 0.25) is 10.0 Å². The number of amides is 1. The van der Waals surface area contributed by atoms with Crippen LogP contribution in [0.5, 0.6) is 0 Å². The van der Waals surface area contributed by atoms with Crippen LogP contribution in [-0.2, 0) is 10.0 Å². The molecule has 4 heterocycles. The molecular formula is C18H28ClN3O3S2. The number of fused-ring (bicyclic) bond motifs is 1. The zero-order valence-electron chi connectivity index (χ0n) is 15.4. The first-order valence-corrected chi connectivity index (χ1v) is 12.0. The summed E-state index contributed by atoms with van der Waals surface area (Å²) in [5.74, 6) is 1.18. The highest BCUT2D eigenvalue weighted by Gasteiger charge is 2.35. The number of piperidine rings is 1. The van der Waals surface area contributed by atoms with Gasteiger partial charge in [0.25, 0.3) is 5.91 Å². The summed E-state index contributed by atoms with van der Waals surface area (Å²) in [7, 11) is -3.57. The molecule has 27 heavy (non-hydrogen) atoms. The van der Waals surface area contributed by atoms with E-state index in [9.17, 15) is 13.2 Å². The zero-order valence-corrected chi connectivity index (χ0v) is 17.9. The van der Waals surface area contributed by atoms with E-state index in [0.717, 1.165) is 58.3 Å². The van der Waals surface area contributed by atoms with Gasteiger partial charge in [-0.15, -0.1) is 23.7 Å². The molecule has 1 amide bonds. The van der Waals surface area contributed by atoms with Gasteiger partial charge < -0.3 is 10.2 Å². The zero-order chi connectivity index (χ0) is 18.1. The second-order valence-electron chi connectivity index (χ2n) is 7.63. The Morgan fingerprint density at radius 1 is 1.04 bits per heavy atom. The maximum atomic E-state index is 13.1. The van der Waals surface area contributed by atoms with E-state index in [0.29, 0.717) is 29.8 Å². The second-order valence-corrected chi connectivity index (χ2v) is 10.4. The van der Waals surface area contributed by atoms with E-state index in [1.54, 1.807) is 15.8 Å². The van der Waals surface area contributed by atoms with Crippen molar-refractivity contribution in [3.63, 3.8) is 0 Å². The van der Waals surface area contributed by atoms with E-state index in [1.165, 1.54) is 11.3 Å². The molecule has 0 unspecified atom stereocenters. The first-order chi connectivity index (χ1) is 12.6. The largest absolute Gasteiger partial charge is 0.338 e. The SMILES string of the molecule is Cl.O=C(c1sccc1S(=O)(=O)N1CCCCC1)N1CC[C@@H]2CNC[C@@H]2CC1. The summed E-state index contributed by atoms with van der Waals surface area (Å²) >= 11 is 1.26. The maximum Gasteiger partial charge on any atom is 0.265 e. The normalized spacial score (nSPS) is 26.9. The molecule has 2 atom stereocenters. The summed E-state index contributed by atoms with van der Waals surface area (Å²) in [6.45, 7) is 4.66. The van der Waals surface area contributed by atoms with E-state index >= 15 is 0 Å². The Morgan fingerprint density at radius 2 is 1.67 bits per heavy atom. The minimum atomic E-state index is -3.57. The van der Waals surface area contributed by atoms with E-state index < -0.39 is 10.0 Å². The lowest BCUT2D eigenvalue weighted by Crippen LogP contribution is -2.37. The summed E-state index contributed by atoms with van der Waals surface area (Å²) in [6.07, 6.45) is 4.88. The molecular weight excluding hydrogens is 406 g/mol. The van der Waals surface area contributed by atoms with Crippen molar-refractivity contribution in [1.82, 2.24) is 14.5 Å². The number of carbonyl (C=O) groups excluding carboxylic acids is 1. The van der Waals surface area contributed by atoms with E-state index in [-0.39, 0.29) is 23.2 Å². The molecule has 1 aromatic rings. The molecule has 152 valence electrons. The minimum absolute atomic E-state index is 0. The molecule has 4 rings (SSSR count). The van der Waals surface area contributed by atoms with Crippen molar-refractivity contribution >= 4 is 39.7 Å². The fourth-order valence-electron chi connectivity index (χ4n) is 4.47. The van der Waals surface area contributed by atoms with Crippen molar-refractivity contribution in [3.8, 4) is 0 Å². The van der Waals surface area contributed by atoms with Crippen LogP contribution in [0.3, 0.4) is 0 Å². The Balaban J connectivity index is 0.00000210. The smallest absolute Gasteiger partial charge is 0.265 e. The summed E-state index contributed by atoms with van der Waals surface area (Å²) in [5.41, 5.74) is 0. The molecule has 6 nitrogen and oxygen atoms in total. The number of rotatable bonds is 3. The van der Waals surface area contributed by atoms with Gasteiger partial charge in [0.15, 0.2) is 0 Å². The predicted octanol–water partition coefficient (Wildman–Crippen LogP) is 2.42. The van der Waals surface area contributed by atoms with Gasteiger partial charge in [0, 0.05) is 26.2 Å². The molecule has 0 bridgehead atoms. The highest BCUT2D eigenvalue weighted by atomic mass is 35.5. The van der Waals surface area contributed by atoms with Crippen LogP contribution in [0.25, 0.3) is 0 Å². The topological polar surface area (TPSA) is 69.7 Å². The number of carbonyl (C=O) groups is 1. The van der Waals surface area contributed by atoms with Crippen LogP contribution in [0.2, 0.25) is 0 Å². The van der Waals surface area contributed by atoms with Crippen LogP contribution in [0.4, 0.5) is 0 Å². The third-order valence-corrected chi connectivity index (χ3v) is 9.04. The number of nitrogens with zero attached hydrogens (tertiary/aromatic N) is 2. The molecule has 0 aliphatic carbocycles. The van der Waals surface area contributed by atoms with Crippen molar-refractivity contribution < 1.29 is 13.2 Å². The van der Waals surface area contributed by atoms with Gasteiger partial charge in [0.1, 0.15) is 9.77 Å². The second kappa shape index (κ2) is 8.78. The Morgan fingerprint density at radius 3 is 2.30 bits per heavy atom. The summed E-state index contributed by atoms with van der Waals surface area (Å²) < 4.78 is 27.6. The number of sulfonamides is 1. The molecule has 3 fully saturated rings. The molecule has 3 saturated heterocycles. The first-order valence-electron chi connectivity index (χ1n) is 9.65. The fraction of sp³-hybridized carbons (Fsp3) is 0.722. The van der Waals surface area contributed by atoms with Crippen LogP contribution < -0.4 is 5.32 Å². The maximum absolute atomic E-state index is 13.1. The van der Waals surface area contributed by atoms with Gasteiger partial charge in [-0.2, -0.15) is 4.31 Å². The Kier molecular flexibility index (Phi) is 6.84. The van der Waals surface area contributed by atoms with E-state index in [1.807, 2.05) is 4.90 Å². The van der Waals surface area contributed by atoms with Crippen LogP contribution in [0, 0.1) is 11.8 Å². The minimum Gasteiger partial charge on any atom is -0.338 e. The Hall–Kier alpha value is -0.670. The number of nitrogens with one attached hydrogen (secondary N) is 1. The van der Waals surface area contributed by atoms with Crippen molar-refractivity contribution in [2.45, 2.75) is 37.0 Å². The lowest BCUT2D eigenvalue weighted by atomic mass is 9.92. The van der Waals surface area contributed by atoms with Gasteiger partial charge in [-0.3, -0.25) is 4.79 Å². The number of hydrogen-bond donors (Lipinski definition) is 1. The molecule has 9 heteroatoms. The van der Waals surface area contributed by atoms with E-state index in [2.05, 4.69) is 5.32 Å². The summed E-state index contributed by atoms with van der Waals surface area (Å²) in [6, 6.07) is 1.61. The molecule has 0 saturated carbocycles.